The monoisotopic (exact) mass is 429 g/mol. The zero-order chi connectivity index (χ0) is 22.3. The molecule has 0 unspecified atom stereocenters. The van der Waals surface area contributed by atoms with Crippen LogP contribution in [0.4, 0.5) is 5.69 Å². The molecule has 1 amide bonds. The SMILES string of the molecule is CCOC(=O)CC[C@@H]1O[C@H](c2ccccc2)c2ccccc2N(Cc2ccccc2)C1=O. The highest BCUT2D eigenvalue weighted by Gasteiger charge is 2.36. The van der Waals surface area contributed by atoms with Crippen molar-refractivity contribution < 1.29 is 19.1 Å². The molecule has 5 nitrogen and oxygen atoms in total. The van der Waals surface area contributed by atoms with Gasteiger partial charge < -0.3 is 14.4 Å². The first-order valence-corrected chi connectivity index (χ1v) is 11.0. The van der Waals surface area contributed by atoms with Crippen LogP contribution in [0.3, 0.4) is 0 Å². The minimum Gasteiger partial charge on any atom is -0.466 e. The first-order chi connectivity index (χ1) is 15.7. The van der Waals surface area contributed by atoms with Crippen molar-refractivity contribution in [2.24, 2.45) is 0 Å². The summed E-state index contributed by atoms with van der Waals surface area (Å²) in [4.78, 5) is 27.5. The Hall–Kier alpha value is -3.44. The second-order valence-corrected chi connectivity index (χ2v) is 7.73. The van der Waals surface area contributed by atoms with Gasteiger partial charge in [-0.15, -0.1) is 0 Å². The van der Waals surface area contributed by atoms with Gasteiger partial charge in [-0.3, -0.25) is 9.59 Å². The average Bonchev–Trinajstić information content (AvgIpc) is 2.94. The number of fused-ring (bicyclic) bond motifs is 1. The standard InChI is InChI=1S/C27H27NO4/c1-2-31-25(29)18-17-24-27(30)28(19-20-11-5-3-6-12-20)23-16-10-9-15-22(23)26(32-24)21-13-7-4-8-14-21/h3-16,24,26H,2,17-19H2,1H3/t24-,26+/m0/s1. The van der Waals surface area contributed by atoms with Gasteiger partial charge in [0, 0.05) is 12.0 Å². The predicted molar refractivity (Wildman–Crippen MR) is 123 cm³/mol. The van der Waals surface area contributed by atoms with Crippen molar-refractivity contribution in [2.45, 2.75) is 38.5 Å². The molecule has 0 saturated heterocycles. The van der Waals surface area contributed by atoms with Gasteiger partial charge in [0.2, 0.25) is 0 Å². The molecule has 1 aliphatic heterocycles. The molecule has 0 radical (unpaired) electrons. The van der Waals surface area contributed by atoms with Crippen LogP contribution in [0.15, 0.2) is 84.9 Å². The number of carbonyl (C=O) groups is 2. The molecule has 1 aliphatic rings. The lowest BCUT2D eigenvalue weighted by atomic mass is 9.99. The Labute approximate surface area is 188 Å². The van der Waals surface area contributed by atoms with E-state index in [1.165, 1.54) is 0 Å². The van der Waals surface area contributed by atoms with Gasteiger partial charge in [0.25, 0.3) is 5.91 Å². The molecule has 0 aromatic heterocycles. The molecule has 0 spiro atoms. The van der Waals surface area contributed by atoms with E-state index in [0.29, 0.717) is 13.2 Å². The largest absolute Gasteiger partial charge is 0.466 e. The Bertz CT molecular complexity index is 1050. The third-order valence-electron chi connectivity index (χ3n) is 5.55. The van der Waals surface area contributed by atoms with Gasteiger partial charge >= 0.3 is 5.97 Å². The molecule has 0 bridgehead atoms. The van der Waals surface area contributed by atoms with E-state index >= 15 is 0 Å². The number of amides is 1. The lowest BCUT2D eigenvalue weighted by Gasteiger charge is -2.25. The molecule has 3 aromatic rings. The van der Waals surface area contributed by atoms with Crippen molar-refractivity contribution in [3.8, 4) is 0 Å². The van der Waals surface area contributed by atoms with Gasteiger partial charge in [0.05, 0.1) is 18.8 Å². The smallest absolute Gasteiger partial charge is 0.305 e. The first kappa shape index (κ1) is 21.8. The minimum absolute atomic E-state index is 0.126. The number of rotatable bonds is 7. The molecule has 0 aliphatic carbocycles. The lowest BCUT2D eigenvalue weighted by molar-refractivity contribution is -0.145. The number of nitrogens with zero attached hydrogens (tertiary/aromatic N) is 1. The fourth-order valence-electron chi connectivity index (χ4n) is 4.03. The van der Waals surface area contributed by atoms with E-state index in [9.17, 15) is 9.59 Å². The van der Waals surface area contributed by atoms with E-state index in [4.69, 9.17) is 9.47 Å². The van der Waals surface area contributed by atoms with Gasteiger partial charge in [-0.05, 0) is 30.5 Å². The molecule has 4 rings (SSSR count). The van der Waals surface area contributed by atoms with Crippen molar-refractivity contribution in [3.63, 3.8) is 0 Å². The van der Waals surface area contributed by atoms with E-state index in [2.05, 4.69) is 0 Å². The summed E-state index contributed by atoms with van der Waals surface area (Å²) in [5.74, 6) is -0.472. The topological polar surface area (TPSA) is 55.8 Å². The fourth-order valence-corrected chi connectivity index (χ4v) is 4.03. The van der Waals surface area contributed by atoms with Gasteiger partial charge in [-0.1, -0.05) is 78.9 Å². The Morgan fingerprint density at radius 2 is 1.59 bits per heavy atom. The fraction of sp³-hybridized carbons (Fsp3) is 0.259. The van der Waals surface area contributed by atoms with Gasteiger partial charge in [0.1, 0.15) is 12.2 Å². The molecule has 1 heterocycles. The molecule has 32 heavy (non-hydrogen) atoms. The zero-order valence-corrected chi connectivity index (χ0v) is 18.1. The maximum Gasteiger partial charge on any atom is 0.305 e. The summed E-state index contributed by atoms with van der Waals surface area (Å²) >= 11 is 0. The first-order valence-electron chi connectivity index (χ1n) is 11.0. The van der Waals surface area contributed by atoms with Gasteiger partial charge in [0.15, 0.2) is 0 Å². The second-order valence-electron chi connectivity index (χ2n) is 7.73. The molecular weight excluding hydrogens is 402 g/mol. The highest BCUT2D eigenvalue weighted by atomic mass is 16.5. The van der Waals surface area contributed by atoms with E-state index in [0.717, 1.165) is 22.4 Å². The summed E-state index contributed by atoms with van der Waals surface area (Å²) in [6.07, 6.45) is -0.785. The van der Waals surface area contributed by atoms with E-state index in [1.807, 2.05) is 84.9 Å². The molecule has 2 atom stereocenters. The maximum absolute atomic E-state index is 13.7. The molecule has 3 aromatic carbocycles. The van der Waals surface area contributed by atoms with Crippen LogP contribution in [0.2, 0.25) is 0 Å². The van der Waals surface area contributed by atoms with Crippen LogP contribution in [0.25, 0.3) is 0 Å². The summed E-state index contributed by atoms with van der Waals surface area (Å²) in [6, 6.07) is 27.6. The van der Waals surface area contributed by atoms with Crippen LogP contribution in [-0.2, 0) is 25.6 Å². The third-order valence-corrected chi connectivity index (χ3v) is 5.55. The molecule has 5 heteroatoms. The summed E-state index contributed by atoms with van der Waals surface area (Å²) < 4.78 is 11.5. The highest BCUT2D eigenvalue weighted by Crippen LogP contribution is 2.39. The van der Waals surface area contributed by atoms with Crippen LogP contribution in [0.1, 0.15) is 42.6 Å². The number of carbonyl (C=O) groups excluding carboxylic acids is 2. The quantitative estimate of drug-likeness (QED) is 0.493. The molecule has 164 valence electrons. The summed E-state index contributed by atoms with van der Waals surface area (Å²) in [6.45, 7) is 2.52. The zero-order valence-electron chi connectivity index (χ0n) is 18.1. The predicted octanol–water partition coefficient (Wildman–Crippen LogP) is 5.05. The molecular formula is C27H27NO4. The van der Waals surface area contributed by atoms with E-state index < -0.39 is 12.2 Å². The second kappa shape index (κ2) is 10.2. The van der Waals surface area contributed by atoms with Crippen molar-refractivity contribution >= 4 is 17.6 Å². The molecule has 0 N–H and O–H groups in total. The maximum atomic E-state index is 13.7. The normalized spacial score (nSPS) is 18.0. The van der Waals surface area contributed by atoms with Gasteiger partial charge in [-0.25, -0.2) is 0 Å². The van der Waals surface area contributed by atoms with Crippen LogP contribution < -0.4 is 4.90 Å². The number of hydrogen-bond acceptors (Lipinski definition) is 4. The number of ether oxygens (including phenoxy) is 2. The Morgan fingerprint density at radius 1 is 0.938 bits per heavy atom. The van der Waals surface area contributed by atoms with E-state index in [1.54, 1.807) is 11.8 Å². The molecule has 0 fully saturated rings. The van der Waals surface area contributed by atoms with Crippen LogP contribution >= 0.6 is 0 Å². The summed E-state index contributed by atoms with van der Waals surface area (Å²) in [7, 11) is 0. The van der Waals surface area contributed by atoms with Gasteiger partial charge in [-0.2, -0.15) is 0 Å². The number of anilines is 1. The van der Waals surface area contributed by atoms with Crippen molar-refractivity contribution in [1.29, 1.82) is 0 Å². The highest BCUT2D eigenvalue weighted by molar-refractivity contribution is 5.98. The Kier molecular flexibility index (Phi) is 6.97. The number of esters is 1. The third kappa shape index (κ3) is 4.89. The molecule has 0 saturated carbocycles. The average molecular weight is 430 g/mol. The van der Waals surface area contributed by atoms with Crippen LogP contribution in [0.5, 0.6) is 0 Å². The number of hydrogen-bond donors (Lipinski definition) is 0. The van der Waals surface area contributed by atoms with Crippen molar-refractivity contribution in [3.05, 3.63) is 102 Å². The van der Waals surface area contributed by atoms with Crippen molar-refractivity contribution in [2.75, 3.05) is 11.5 Å². The number of para-hydroxylation sites is 1. The van der Waals surface area contributed by atoms with Crippen LogP contribution in [-0.4, -0.2) is 24.6 Å². The van der Waals surface area contributed by atoms with Crippen molar-refractivity contribution in [1.82, 2.24) is 0 Å². The van der Waals surface area contributed by atoms with E-state index in [-0.39, 0.29) is 24.7 Å². The number of benzene rings is 3. The lowest BCUT2D eigenvalue weighted by Crippen LogP contribution is -2.39. The Morgan fingerprint density at radius 3 is 2.31 bits per heavy atom. The minimum atomic E-state index is -0.763. The summed E-state index contributed by atoms with van der Waals surface area (Å²) in [5, 5.41) is 0. The van der Waals surface area contributed by atoms with Crippen LogP contribution in [0, 0.1) is 0 Å². The Balaban J connectivity index is 1.73. The summed E-state index contributed by atoms with van der Waals surface area (Å²) in [5.41, 5.74) is 3.75.